The van der Waals surface area contributed by atoms with Crippen molar-refractivity contribution in [3.05, 3.63) is 17.2 Å². The van der Waals surface area contributed by atoms with Gasteiger partial charge in [0.25, 0.3) is 0 Å². The molecule has 0 N–H and O–H groups in total. The van der Waals surface area contributed by atoms with Crippen molar-refractivity contribution in [3.63, 3.8) is 0 Å². The Bertz CT molecular complexity index is 441. The summed E-state index contributed by atoms with van der Waals surface area (Å²) in [6.07, 6.45) is 0. The quantitative estimate of drug-likeness (QED) is 0.825. The topological polar surface area (TPSA) is 33.5 Å². The van der Waals surface area contributed by atoms with E-state index in [2.05, 4.69) is 49.4 Å². The largest absolute Gasteiger partial charge is 0.380 e. The van der Waals surface area contributed by atoms with Gasteiger partial charge in [-0.15, -0.1) is 0 Å². The zero-order valence-electron chi connectivity index (χ0n) is 13.5. The van der Waals surface area contributed by atoms with Crippen LogP contribution in [0.15, 0.2) is 0 Å². The van der Waals surface area contributed by atoms with E-state index in [0.717, 1.165) is 50.9 Å². The van der Waals surface area contributed by atoms with E-state index in [4.69, 9.17) is 9.72 Å². The van der Waals surface area contributed by atoms with E-state index in [-0.39, 0.29) is 0 Å². The van der Waals surface area contributed by atoms with Crippen molar-refractivity contribution in [2.24, 2.45) is 13.0 Å². The predicted molar refractivity (Wildman–Crippen MR) is 80.8 cm³/mol. The Morgan fingerprint density at radius 3 is 2.70 bits per heavy atom. The van der Waals surface area contributed by atoms with Crippen LogP contribution in [-0.4, -0.2) is 66.3 Å². The molecule has 0 unspecified atom stereocenters. The second-order valence-corrected chi connectivity index (χ2v) is 6.20. The second kappa shape index (κ2) is 6.70. The van der Waals surface area contributed by atoms with Gasteiger partial charge in [-0.25, -0.2) is 4.98 Å². The molecule has 5 nitrogen and oxygen atoms in total. The molecule has 1 fully saturated rings. The lowest BCUT2D eigenvalue weighted by molar-refractivity contribution is 0.112. The summed E-state index contributed by atoms with van der Waals surface area (Å²) in [6.45, 7) is 9.98. The minimum atomic E-state index is 0.579. The van der Waals surface area contributed by atoms with Crippen LogP contribution in [0.1, 0.15) is 17.2 Å². The summed E-state index contributed by atoms with van der Waals surface area (Å²) in [5, 5.41) is 0. The van der Waals surface area contributed by atoms with Crippen LogP contribution in [0, 0.1) is 19.8 Å². The zero-order valence-corrected chi connectivity index (χ0v) is 13.5. The van der Waals surface area contributed by atoms with E-state index in [1.54, 1.807) is 0 Å². The summed E-state index contributed by atoms with van der Waals surface area (Å²) in [7, 11) is 6.36. The molecule has 1 aliphatic heterocycles. The highest BCUT2D eigenvalue weighted by molar-refractivity contribution is 5.13. The molecule has 114 valence electrons. The van der Waals surface area contributed by atoms with Crippen LogP contribution < -0.4 is 0 Å². The Morgan fingerprint density at radius 1 is 1.35 bits per heavy atom. The zero-order chi connectivity index (χ0) is 14.7. The fourth-order valence-corrected chi connectivity index (χ4v) is 2.85. The molecule has 1 saturated heterocycles. The van der Waals surface area contributed by atoms with Crippen molar-refractivity contribution >= 4 is 0 Å². The van der Waals surface area contributed by atoms with Crippen molar-refractivity contribution in [3.8, 4) is 0 Å². The summed E-state index contributed by atoms with van der Waals surface area (Å²) >= 11 is 0. The van der Waals surface area contributed by atoms with Gasteiger partial charge >= 0.3 is 0 Å². The molecule has 1 aromatic rings. The number of imidazole rings is 1. The monoisotopic (exact) mass is 280 g/mol. The molecular weight excluding hydrogens is 252 g/mol. The van der Waals surface area contributed by atoms with Gasteiger partial charge in [-0.2, -0.15) is 0 Å². The Morgan fingerprint density at radius 2 is 2.10 bits per heavy atom. The van der Waals surface area contributed by atoms with Crippen LogP contribution in [0.3, 0.4) is 0 Å². The highest BCUT2D eigenvalue weighted by Gasteiger charge is 2.21. The minimum Gasteiger partial charge on any atom is -0.380 e. The van der Waals surface area contributed by atoms with Crippen LogP contribution in [0.5, 0.6) is 0 Å². The summed E-state index contributed by atoms with van der Waals surface area (Å²) in [4.78, 5) is 9.41. The van der Waals surface area contributed by atoms with Crippen LogP contribution >= 0.6 is 0 Å². The Hall–Kier alpha value is -0.910. The van der Waals surface area contributed by atoms with Crippen molar-refractivity contribution < 1.29 is 4.74 Å². The van der Waals surface area contributed by atoms with Gasteiger partial charge in [0.1, 0.15) is 5.82 Å². The van der Waals surface area contributed by atoms with Gasteiger partial charge in [0.2, 0.25) is 0 Å². The first-order valence-electron chi connectivity index (χ1n) is 7.41. The molecule has 0 bridgehead atoms. The molecule has 0 aromatic carbocycles. The highest BCUT2D eigenvalue weighted by atomic mass is 16.5. The average Bonchev–Trinajstić information content (AvgIpc) is 2.58. The number of hydrogen-bond acceptors (Lipinski definition) is 4. The van der Waals surface area contributed by atoms with Crippen LogP contribution in [-0.2, 0) is 18.3 Å². The van der Waals surface area contributed by atoms with Crippen molar-refractivity contribution in [2.75, 3.05) is 46.9 Å². The number of hydrogen-bond donors (Lipinski definition) is 0. The molecule has 2 heterocycles. The molecule has 1 aromatic heterocycles. The van der Waals surface area contributed by atoms with E-state index in [9.17, 15) is 0 Å². The Labute approximate surface area is 122 Å². The number of rotatable bonds is 4. The van der Waals surface area contributed by atoms with Gasteiger partial charge in [0.15, 0.2) is 0 Å². The Balaban J connectivity index is 2.01. The van der Waals surface area contributed by atoms with Crippen LogP contribution in [0.25, 0.3) is 0 Å². The number of aromatic nitrogens is 2. The van der Waals surface area contributed by atoms with Gasteiger partial charge in [-0.1, -0.05) is 0 Å². The third-order valence-corrected chi connectivity index (χ3v) is 4.12. The molecule has 20 heavy (non-hydrogen) atoms. The van der Waals surface area contributed by atoms with Crippen molar-refractivity contribution in [1.29, 1.82) is 0 Å². The standard InChI is InChI=1S/C15H28N4O/c1-12-13(2)18(5)15(16-12)10-19-6-7-20-11-14(9-19)8-17(3)4/h14H,6-11H2,1-5H3/t14-/m0/s1. The third-order valence-electron chi connectivity index (χ3n) is 4.12. The lowest BCUT2D eigenvalue weighted by Crippen LogP contribution is -2.35. The summed E-state index contributed by atoms with van der Waals surface area (Å²) in [5.41, 5.74) is 2.40. The molecule has 0 aliphatic carbocycles. The van der Waals surface area contributed by atoms with Crippen LogP contribution in [0.4, 0.5) is 0 Å². The lowest BCUT2D eigenvalue weighted by atomic mass is 10.1. The van der Waals surface area contributed by atoms with Crippen molar-refractivity contribution in [2.45, 2.75) is 20.4 Å². The molecule has 2 rings (SSSR count). The molecule has 0 saturated carbocycles. The van der Waals surface area contributed by atoms with Gasteiger partial charge < -0.3 is 14.2 Å². The summed E-state index contributed by atoms with van der Waals surface area (Å²) in [5.74, 6) is 1.74. The fourth-order valence-electron chi connectivity index (χ4n) is 2.85. The molecule has 0 radical (unpaired) electrons. The Kier molecular flexibility index (Phi) is 5.18. The van der Waals surface area contributed by atoms with Crippen molar-refractivity contribution in [1.82, 2.24) is 19.4 Å². The second-order valence-electron chi connectivity index (χ2n) is 6.20. The number of ether oxygens (including phenoxy) is 1. The highest BCUT2D eigenvalue weighted by Crippen LogP contribution is 2.14. The van der Waals surface area contributed by atoms with E-state index >= 15 is 0 Å². The predicted octanol–water partition coefficient (Wildman–Crippen LogP) is 1.05. The summed E-state index contributed by atoms with van der Waals surface area (Å²) in [6, 6.07) is 0. The normalized spacial score (nSPS) is 21.4. The molecule has 1 aliphatic rings. The number of nitrogens with zero attached hydrogens (tertiary/aromatic N) is 4. The number of aryl methyl sites for hydroxylation is 1. The van der Waals surface area contributed by atoms with E-state index in [0.29, 0.717) is 5.92 Å². The molecular formula is C15H28N4O. The van der Waals surface area contributed by atoms with Gasteiger partial charge in [0.05, 0.1) is 25.5 Å². The molecule has 0 amide bonds. The molecule has 5 heteroatoms. The van der Waals surface area contributed by atoms with Gasteiger partial charge in [-0.05, 0) is 27.9 Å². The maximum atomic E-state index is 5.74. The average molecular weight is 280 g/mol. The van der Waals surface area contributed by atoms with E-state index in [1.165, 1.54) is 5.69 Å². The van der Waals surface area contributed by atoms with Crippen LogP contribution in [0.2, 0.25) is 0 Å². The lowest BCUT2D eigenvalue weighted by Gasteiger charge is -2.25. The molecule has 0 spiro atoms. The SMILES string of the molecule is Cc1nc(CN2CCOC[C@@H](CN(C)C)C2)n(C)c1C. The fraction of sp³-hybridized carbons (Fsp3) is 0.800. The smallest absolute Gasteiger partial charge is 0.123 e. The summed E-state index contributed by atoms with van der Waals surface area (Å²) < 4.78 is 7.95. The maximum Gasteiger partial charge on any atom is 0.123 e. The first kappa shape index (κ1) is 15.5. The first-order valence-corrected chi connectivity index (χ1v) is 7.41. The third kappa shape index (κ3) is 3.81. The van der Waals surface area contributed by atoms with E-state index < -0.39 is 0 Å². The maximum absolute atomic E-state index is 5.74. The molecule has 1 atom stereocenters. The van der Waals surface area contributed by atoms with Gasteiger partial charge in [0, 0.05) is 38.3 Å². The van der Waals surface area contributed by atoms with Gasteiger partial charge in [-0.3, -0.25) is 4.90 Å². The minimum absolute atomic E-state index is 0.579. The van der Waals surface area contributed by atoms with E-state index in [1.807, 2.05) is 0 Å². The first-order chi connectivity index (χ1) is 9.47.